The van der Waals surface area contributed by atoms with E-state index in [9.17, 15) is 0 Å². The van der Waals surface area contributed by atoms with Crippen molar-refractivity contribution in [2.24, 2.45) is 0 Å². The van der Waals surface area contributed by atoms with Gasteiger partial charge in [0.25, 0.3) is 0 Å². The highest BCUT2D eigenvalue weighted by molar-refractivity contribution is 9.11. The maximum Gasteiger partial charge on any atom is 0.0631 e. The Hall–Kier alpha value is -0.800. The molecule has 2 aromatic rings. The summed E-state index contributed by atoms with van der Waals surface area (Å²) in [6.07, 6.45) is 1.01. The van der Waals surface area contributed by atoms with Crippen molar-refractivity contribution in [3.63, 3.8) is 0 Å². The van der Waals surface area contributed by atoms with Crippen LogP contribution in [-0.4, -0.2) is 6.04 Å². The van der Waals surface area contributed by atoms with Gasteiger partial charge in [0.1, 0.15) is 0 Å². The lowest BCUT2D eigenvalue weighted by Crippen LogP contribution is -2.18. The molecule has 2 aromatic carbocycles. The predicted molar refractivity (Wildman–Crippen MR) is 85.1 cm³/mol. The molecular weight excluding hydrogens is 354 g/mol. The molecule has 18 heavy (non-hydrogen) atoms. The fraction of sp³-hybridized carbons (Fsp3) is 0.200. The average molecular weight is 369 g/mol. The van der Waals surface area contributed by atoms with Gasteiger partial charge >= 0.3 is 0 Å². The van der Waals surface area contributed by atoms with Crippen LogP contribution in [0, 0.1) is 0 Å². The van der Waals surface area contributed by atoms with Gasteiger partial charge in [0.15, 0.2) is 0 Å². The van der Waals surface area contributed by atoms with Crippen molar-refractivity contribution in [1.29, 1.82) is 0 Å². The monoisotopic (exact) mass is 367 g/mol. The summed E-state index contributed by atoms with van der Waals surface area (Å²) < 4.78 is 2.16. The van der Waals surface area contributed by atoms with Gasteiger partial charge in [0, 0.05) is 15.0 Å². The first-order valence-corrected chi connectivity index (χ1v) is 7.50. The number of anilines is 1. The molecule has 2 rings (SSSR count). The highest BCUT2D eigenvalue weighted by Gasteiger charge is 2.08. The van der Waals surface area contributed by atoms with Crippen molar-refractivity contribution >= 4 is 37.5 Å². The van der Waals surface area contributed by atoms with Gasteiger partial charge in [-0.25, -0.2) is 0 Å². The minimum absolute atomic E-state index is 0.377. The molecule has 0 aliphatic rings. The van der Waals surface area contributed by atoms with Crippen molar-refractivity contribution < 1.29 is 0 Å². The number of hydrogen-bond donors (Lipinski definition) is 1. The van der Waals surface area contributed by atoms with E-state index in [1.165, 1.54) is 5.56 Å². The zero-order valence-electron chi connectivity index (χ0n) is 10.2. The van der Waals surface area contributed by atoms with E-state index >= 15 is 0 Å². The van der Waals surface area contributed by atoms with Gasteiger partial charge in [-0.15, -0.1) is 0 Å². The summed E-state index contributed by atoms with van der Waals surface area (Å²) in [5, 5.41) is 3.53. The van der Waals surface area contributed by atoms with Gasteiger partial charge in [0.2, 0.25) is 0 Å². The van der Waals surface area contributed by atoms with E-state index in [2.05, 4.69) is 68.4 Å². The Balaban J connectivity index is 2.06. The lowest BCUT2D eigenvalue weighted by atomic mass is 10.1. The third-order valence-corrected chi connectivity index (χ3v) is 4.06. The molecule has 0 aliphatic carbocycles. The van der Waals surface area contributed by atoms with Gasteiger partial charge in [-0.2, -0.15) is 0 Å². The third kappa shape index (κ3) is 3.59. The summed E-state index contributed by atoms with van der Waals surface area (Å²) in [5.74, 6) is 0. The van der Waals surface area contributed by atoms with E-state index in [1.807, 2.05) is 24.3 Å². The zero-order valence-corrected chi connectivity index (χ0v) is 13.3. The molecule has 1 unspecified atom stereocenters. The Bertz CT molecular complexity index is 491. The smallest absolute Gasteiger partial charge is 0.0631 e. The maximum absolute atomic E-state index is 3.57. The Morgan fingerprint density at radius 2 is 1.56 bits per heavy atom. The van der Waals surface area contributed by atoms with E-state index < -0.39 is 0 Å². The lowest BCUT2D eigenvalue weighted by Gasteiger charge is -2.17. The molecule has 0 radical (unpaired) electrons. The van der Waals surface area contributed by atoms with E-state index in [4.69, 9.17) is 0 Å². The quantitative estimate of drug-likeness (QED) is 0.776. The summed E-state index contributed by atoms with van der Waals surface area (Å²) in [5.41, 5.74) is 2.46. The van der Waals surface area contributed by atoms with Gasteiger partial charge in [-0.05, 0) is 62.9 Å². The molecule has 1 nitrogen and oxygen atoms in total. The first kappa shape index (κ1) is 13.6. The Morgan fingerprint density at radius 1 is 0.944 bits per heavy atom. The van der Waals surface area contributed by atoms with Crippen molar-refractivity contribution in [2.75, 3.05) is 5.32 Å². The number of benzene rings is 2. The molecule has 0 heterocycles. The van der Waals surface area contributed by atoms with Crippen molar-refractivity contribution in [3.05, 3.63) is 63.0 Å². The minimum atomic E-state index is 0.377. The van der Waals surface area contributed by atoms with E-state index in [-0.39, 0.29) is 0 Å². The second-order valence-corrected chi connectivity index (χ2v) is 6.04. The van der Waals surface area contributed by atoms with Gasteiger partial charge in [0.05, 0.1) is 5.69 Å². The van der Waals surface area contributed by atoms with Crippen LogP contribution in [0.1, 0.15) is 12.5 Å². The molecule has 0 fully saturated rings. The molecule has 1 N–H and O–H groups in total. The van der Waals surface area contributed by atoms with Crippen LogP contribution in [0.2, 0.25) is 0 Å². The largest absolute Gasteiger partial charge is 0.380 e. The predicted octanol–water partition coefficient (Wildman–Crippen LogP) is 5.25. The second kappa shape index (κ2) is 6.39. The van der Waals surface area contributed by atoms with E-state index in [1.54, 1.807) is 0 Å². The highest BCUT2D eigenvalue weighted by Crippen LogP contribution is 2.31. The molecule has 0 saturated heterocycles. The summed E-state index contributed by atoms with van der Waals surface area (Å²) >= 11 is 7.14. The molecule has 3 heteroatoms. The number of nitrogens with one attached hydrogen (secondary N) is 1. The van der Waals surface area contributed by atoms with Gasteiger partial charge < -0.3 is 5.32 Å². The number of rotatable bonds is 4. The Kier molecular flexibility index (Phi) is 4.84. The standard InChI is InChI=1S/C15H15Br2N/c1-11(10-12-6-3-2-4-7-12)18-15-13(16)8-5-9-14(15)17/h2-9,11,18H,10H2,1H3. The summed E-state index contributed by atoms with van der Waals surface area (Å²) in [7, 11) is 0. The molecule has 0 aliphatic heterocycles. The highest BCUT2D eigenvalue weighted by atomic mass is 79.9. The van der Waals surface area contributed by atoms with Crippen LogP contribution < -0.4 is 5.32 Å². The van der Waals surface area contributed by atoms with Crippen molar-refractivity contribution in [3.8, 4) is 0 Å². The molecule has 0 aromatic heterocycles. The van der Waals surface area contributed by atoms with Crippen LogP contribution in [0.5, 0.6) is 0 Å². The van der Waals surface area contributed by atoms with Gasteiger partial charge in [-0.3, -0.25) is 0 Å². The van der Waals surface area contributed by atoms with Crippen LogP contribution >= 0.6 is 31.9 Å². The molecule has 94 valence electrons. The average Bonchev–Trinajstić information content (AvgIpc) is 2.35. The second-order valence-electron chi connectivity index (χ2n) is 4.33. The number of halogens is 2. The Morgan fingerprint density at radius 3 is 2.17 bits per heavy atom. The fourth-order valence-corrected chi connectivity index (χ4v) is 3.13. The van der Waals surface area contributed by atoms with Crippen LogP contribution in [0.4, 0.5) is 5.69 Å². The summed E-state index contributed by atoms with van der Waals surface area (Å²) in [4.78, 5) is 0. The van der Waals surface area contributed by atoms with Crippen LogP contribution in [0.3, 0.4) is 0 Å². The third-order valence-electron chi connectivity index (χ3n) is 2.74. The first-order chi connectivity index (χ1) is 8.66. The lowest BCUT2D eigenvalue weighted by molar-refractivity contribution is 0.789. The summed E-state index contributed by atoms with van der Waals surface area (Å²) in [6, 6.07) is 17.0. The maximum atomic E-state index is 3.57. The Labute approximate surface area is 125 Å². The van der Waals surface area contributed by atoms with E-state index in [0.717, 1.165) is 21.1 Å². The number of para-hydroxylation sites is 1. The first-order valence-electron chi connectivity index (χ1n) is 5.91. The normalized spacial score (nSPS) is 12.2. The number of hydrogen-bond acceptors (Lipinski definition) is 1. The zero-order chi connectivity index (χ0) is 13.0. The minimum Gasteiger partial charge on any atom is -0.380 e. The molecule has 0 spiro atoms. The molecule has 0 amide bonds. The van der Waals surface area contributed by atoms with Crippen molar-refractivity contribution in [1.82, 2.24) is 0 Å². The van der Waals surface area contributed by atoms with Crippen LogP contribution in [0.25, 0.3) is 0 Å². The van der Waals surface area contributed by atoms with Gasteiger partial charge in [-0.1, -0.05) is 36.4 Å². The molecular formula is C15H15Br2N. The fourth-order valence-electron chi connectivity index (χ4n) is 1.90. The van der Waals surface area contributed by atoms with Crippen LogP contribution in [-0.2, 0) is 6.42 Å². The molecule has 0 bridgehead atoms. The van der Waals surface area contributed by atoms with Crippen molar-refractivity contribution in [2.45, 2.75) is 19.4 Å². The SMILES string of the molecule is CC(Cc1ccccc1)Nc1c(Br)cccc1Br. The topological polar surface area (TPSA) is 12.0 Å². The molecule has 1 atom stereocenters. The van der Waals surface area contributed by atoms with Crippen LogP contribution in [0.15, 0.2) is 57.5 Å². The van der Waals surface area contributed by atoms with E-state index in [0.29, 0.717) is 6.04 Å². The summed E-state index contributed by atoms with van der Waals surface area (Å²) in [6.45, 7) is 2.19. The molecule has 0 saturated carbocycles.